The second-order valence-corrected chi connectivity index (χ2v) is 4.59. The van der Waals surface area contributed by atoms with Crippen molar-refractivity contribution < 1.29 is 8.78 Å². The first-order valence-corrected chi connectivity index (χ1v) is 6.39. The molecule has 0 radical (unpaired) electrons. The molecule has 7 heteroatoms. The van der Waals surface area contributed by atoms with Crippen LogP contribution < -0.4 is 10.2 Å². The molecule has 1 N–H and O–H groups in total. The second kappa shape index (κ2) is 5.36. The van der Waals surface area contributed by atoms with Crippen LogP contribution in [0.3, 0.4) is 0 Å². The van der Waals surface area contributed by atoms with Crippen molar-refractivity contribution in [1.29, 1.82) is 0 Å². The van der Waals surface area contributed by atoms with Crippen molar-refractivity contribution in [3.05, 3.63) is 36.0 Å². The van der Waals surface area contributed by atoms with Crippen LogP contribution in [0.5, 0.6) is 0 Å². The van der Waals surface area contributed by atoms with Gasteiger partial charge in [-0.1, -0.05) is 0 Å². The molecule has 20 heavy (non-hydrogen) atoms. The molecule has 1 saturated heterocycles. The number of hydrogen-bond acceptors (Lipinski definition) is 5. The molecule has 2 heterocycles. The third-order valence-electron chi connectivity index (χ3n) is 3.15. The molecule has 1 aromatic carbocycles. The second-order valence-electron chi connectivity index (χ2n) is 4.59. The lowest BCUT2D eigenvalue weighted by Gasteiger charge is -2.15. The van der Waals surface area contributed by atoms with Gasteiger partial charge >= 0.3 is 0 Å². The Morgan fingerprint density at radius 2 is 1.90 bits per heavy atom. The number of nitrogens with one attached hydrogen (secondary N) is 1. The molecular weight excluding hydrogens is 264 g/mol. The first-order chi connectivity index (χ1) is 9.72. The molecule has 1 aromatic heterocycles. The number of aromatic nitrogens is 3. The van der Waals surface area contributed by atoms with E-state index in [2.05, 4.69) is 25.4 Å². The molecular formula is C13H13F2N5. The number of hydrogen-bond donors (Lipinski definition) is 1. The molecule has 1 aliphatic heterocycles. The zero-order valence-corrected chi connectivity index (χ0v) is 10.7. The minimum absolute atomic E-state index is 0.264. The Kier molecular flexibility index (Phi) is 3.41. The molecule has 0 saturated carbocycles. The van der Waals surface area contributed by atoms with Crippen molar-refractivity contribution in [2.75, 3.05) is 23.3 Å². The van der Waals surface area contributed by atoms with Crippen molar-refractivity contribution in [2.45, 2.75) is 12.8 Å². The van der Waals surface area contributed by atoms with Crippen LogP contribution in [0.15, 0.2) is 24.4 Å². The predicted octanol–water partition coefficient (Wildman–Crippen LogP) is 2.49. The van der Waals surface area contributed by atoms with Crippen molar-refractivity contribution in [2.24, 2.45) is 0 Å². The number of rotatable bonds is 3. The maximum atomic E-state index is 13.1. The van der Waals surface area contributed by atoms with Gasteiger partial charge in [0.25, 0.3) is 0 Å². The number of benzene rings is 1. The molecule has 0 aliphatic carbocycles. The summed E-state index contributed by atoms with van der Waals surface area (Å²) in [6.45, 7) is 1.90. The first-order valence-electron chi connectivity index (χ1n) is 6.39. The summed E-state index contributed by atoms with van der Waals surface area (Å²) in [6.07, 6.45) is 3.87. The molecule has 0 spiro atoms. The maximum absolute atomic E-state index is 13.1. The maximum Gasteiger partial charge on any atom is 0.249 e. The Balaban J connectivity index is 1.79. The topological polar surface area (TPSA) is 53.9 Å². The Hall–Kier alpha value is -2.31. The highest BCUT2D eigenvalue weighted by Gasteiger charge is 2.14. The summed E-state index contributed by atoms with van der Waals surface area (Å²) in [5, 5.41) is 10.5. The van der Waals surface area contributed by atoms with E-state index in [9.17, 15) is 8.78 Å². The highest BCUT2D eigenvalue weighted by molar-refractivity contribution is 5.54. The largest absolute Gasteiger partial charge is 0.355 e. The lowest BCUT2D eigenvalue weighted by atomic mass is 10.3. The predicted molar refractivity (Wildman–Crippen MR) is 70.9 cm³/mol. The van der Waals surface area contributed by atoms with Gasteiger partial charge in [-0.3, -0.25) is 0 Å². The van der Waals surface area contributed by atoms with Gasteiger partial charge in [0.2, 0.25) is 5.95 Å². The summed E-state index contributed by atoms with van der Waals surface area (Å²) < 4.78 is 26.0. The third kappa shape index (κ3) is 2.66. The first kappa shape index (κ1) is 12.7. The average molecular weight is 277 g/mol. The average Bonchev–Trinajstić information content (AvgIpc) is 2.97. The quantitative estimate of drug-likeness (QED) is 0.934. The summed E-state index contributed by atoms with van der Waals surface area (Å²) in [4.78, 5) is 6.44. The van der Waals surface area contributed by atoms with E-state index in [0.29, 0.717) is 5.69 Å². The SMILES string of the molecule is Fc1ccc(Nc2nncc(N3CCCC3)n2)cc1F. The lowest BCUT2D eigenvalue weighted by molar-refractivity contribution is 0.509. The Labute approximate surface area is 114 Å². The van der Waals surface area contributed by atoms with E-state index in [1.165, 1.54) is 6.07 Å². The summed E-state index contributed by atoms with van der Waals surface area (Å²) in [6, 6.07) is 3.53. The molecule has 1 aliphatic rings. The van der Waals surface area contributed by atoms with Gasteiger partial charge in [-0.05, 0) is 25.0 Å². The standard InChI is InChI=1S/C13H13F2N5/c14-10-4-3-9(7-11(10)15)17-13-18-12(8-16-19-13)20-5-1-2-6-20/h3-4,7-8H,1-2,5-6H2,(H,17,18,19). The normalized spacial score (nSPS) is 14.6. The molecule has 0 amide bonds. The van der Waals surface area contributed by atoms with Gasteiger partial charge in [-0.15, -0.1) is 5.10 Å². The van der Waals surface area contributed by atoms with E-state index in [1.54, 1.807) is 6.20 Å². The van der Waals surface area contributed by atoms with Crippen LogP contribution in [0.1, 0.15) is 12.8 Å². The van der Waals surface area contributed by atoms with Gasteiger partial charge in [-0.25, -0.2) is 8.78 Å². The molecule has 0 unspecified atom stereocenters. The van der Waals surface area contributed by atoms with E-state index >= 15 is 0 Å². The van der Waals surface area contributed by atoms with Crippen molar-refractivity contribution in [3.63, 3.8) is 0 Å². The van der Waals surface area contributed by atoms with Crippen LogP contribution in [0, 0.1) is 11.6 Å². The van der Waals surface area contributed by atoms with Crippen LogP contribution in [-0.4, -0.2) is 28.3 Å². The van der Waals surface area contributed by atoms with Crippen LogP contribution in [0.4, 0.5) is 26.2 Å². The summed E-state index contributed by atoms with van der Waals surface area (Å²) in [5.74, 6) is -0.804. The summed E-state index contributed by atoms with van der Waals surface area (Å²) >= 11 is 0. The molecule has 0 atom stereocenters. The molecule has 1 fully saturated rings. The van der Waals surface area contributed by atoms with E-state index in [1.807, 2.05) is 0 Å². The fraction of sp³-hybridized carbons (Fsp3) is 0.308. The van der Waals surface area contributed by atoms with E-state index in [-0.39, 0.29) is 5.95 Å². The third-order valence-corrected chi connectivity index (χ3v) is 3.15. The smallest absolute Gasteiger partial charge is 0.249 e. The minimum atomic E-state index is -0.918. The molecule has 104 valence electrons. The van der Waals surface area contributed by atoms with E-state index < -0.39 is 11.6 Å². The van der Waals surface area contributed by atoms with Gasteiger partial charge < -0.3 is 10.2 Å². The van der Waals surface area contributed by atoms with Crippen molar-refractivity contribution in [3.8, 4) is 0 Å². The molecule has 0 bridgehead atoms. The van der Waals surface area contributed by atoms with Gasteiger partial charge in [0.1, 0.15) is 0 Å². The zero-order valence-electron chi connectivity index (χ0n) is 10.7. The minimum Gasteiger partial charge on any atom is -0.355 e. The van der Waals surface area contributed by atoms with Gasteiger partial charge in [0, 0.05) is 24.8 Å². The van der Waals surface area contributed by atoms with Crippen LogP contribution in [0.25, 0.3) is 0 Å². The van der Waals surface area contributed by atoms with Gasteiger partial charge in [-0.2, -0.15) is 10.1 Å². The summed E-state index contributed by atoms with van der Waals surface area (Å²) in [5.41, 5.74) is 0.379. The number of anilines is 3. The van der Waals surface area contributed by atoms with Crippen molar-refractivity contribution in [1.82, 2.24) is 15.2 Å². The molecule has 3 rings (SSSR count). The monoisotopic (exact) mass is 277 g/mol. The van der Waals surface area contributed by atoms with Crippen LogP contribution in [0.2, 0.25) is 0 Å². The highest BCUT2D eigenvalue weighted by Crippen LogP contribution is 2.20. The van der Waals surface area contributed by atoms with E-state index in [4.69, 9.17) is 0 Å². The Bertz CT molecular complexity index is 613. The van der Waals surface area contributed by atoms with Gasteiger partial charge in [0.05, 0.1) is 6.20 Å². The van der Waals surface area contributed by atoms with Crippen molar-refractivity contribution >= 4 is 17.5 Å². The Morgan fingerprint density at radius 1 is 1.10 bits per heavy atom. The fourth-order valence-electron chi connectivity index (χ4n) is 2.15. The lowest BCUT2D eigenvalue weighted by Crippen LogP contribution is -2.19. The van der Waals surface area contributed by atoms with Crippen LogP contribution >= 0.6 is 0 Å². The van der Waals surface area contributed by atoms with Crippen LogP contribution in [-0.2, 0) is 0 Å². The van der Waals surface area contributed by atoms with Gasteiger partial charge in [0.15, 0.2) is 17.5 Å². The molecule has 5 nitrogen and oxygen atoms in total. The fourth-order valence-corrected chi connectivity index (χ4v) is 2.15. The zero-order chi connectivity index (χ0) is 13.9. The number of nitrogens with zero attached hydrogens (tertiary/aromatic N) is 4. The van der Waals surface area contributed by atoms with E-state index in [0.717, 1.165) is 43.9 Å². The number of halogens is 2. The Morgan fingerprint density at radius 3 is 2.65 bits per heavy atom. The summed E-state index contributed by atoms with van der Waals surface area (Å²) in [7, 11) is 0. The molecule has 2 aromatic rings. The highest BCUT2D eigenvalue weighted by atomic mass is 19.2.